The SMILES string of the molecule is Nc1ccc(Nc2ccc(Cl)cc2)nc1OCC1CC1. The zero-order chi connectivity index (χ0) is 13.9. The van der Waals surface area contributed by atoms with Gasteiger partial charge in [0.1, 0.15) is 5.82 Å². The molecule has 0 aliphatic heterocycles. The summed E-state index contributed by atoms with van der Waals surface area (Å²) in [5, 5.41) is 3.90. The average Bonchev–Trinajstić information content (AvgIpc) is 3.26. The molecule has 1 fully saturated rings. The summed E-state index contributed by atoms with van der Waals surface area (Å²) >= 11 is 5.86. The van der Waals surface area contributed by atoms with Crippen molar-refractivity contribution in [2.24, 2.45) is 5.92 Å². The van der Waals surface area contributed by atoms with E-state index in [0.717, 1.165) is 5.69 Å². The number of hydrogen-bond acceptors (Lipinski definition) is 4. The van der Waals surface area contributed by atoms with E-state index in [1.165, 1.54) is 12.8 Å². The molecule has 1 aliphatic rings. The molecule has 0 unspecified atom stereocenters. The van der Waals surface area contributed by atoms with Gasteiger partial charge in [0, 0.05) is 10.7 Å². The van der Waals surface area contributed by atoms with E-state index in [1.54, 1.807) is 6.07 Å². The number of ether oxygens (including phenoxy) is 1. The van der Waals surface area contributed by atoms with Crippen LogP contribution in [0.15, 0.2) is 36.4 Å². The van der Waals surface area contributed by atoms with E-state index in [4.69, 9.17) is 22.1 Å². The summed E-state index contributed by atoms with van der Waals surface area (Å²) in [7, 11) is 0. The Labute approximate surface area is 122 Å². The molecule has 1 saturated carbocycles. The van der Waals surface area contributed by atoms with Gasteiger partial charge in [-0.05, 0) is 55.2 Å². The maximum absolute atomic E-state index is 5.88. The molecule has 3 N–H and O–H groups in total. The molecule has 1 heterocycles. The predicted octanol–water partition coefficient (Wildman–Crippen LogP) is 3.85. The Morgan fingerprint density at radius 1 is 1.20 bits per heavy atom. The topological polar surface area (TPSA) is 60.2 Å². The van der Waals surface area contributed by atoms with Crippen molar-refractivity contribution in [2.45, 2.75) is 12.8 Å². The Morgan fingerprint density at radius 3 is 2.65 bits per heavy atom. The van der Waals surface area contributed by atoms with E-state index in [2.05, 4.69) is 10.3 Å². The first-order valence-electron chi connectivity index (χ1n) is 6.62. The van der Waals surface area contributed by atoms with Gasteiger partial charge in [0.25, 0.3) is 0 Å². The maximum Gasteiger partial charge on any atom is 0.239 e. The fourth-order valence-electron chi connectivity index (χ4n) is 1.80. The Bertz CT molecular complexity index is 597. The predicted molar refractivity (Wildman–Crippen MR) is 81.6 cm³/mol. The highest BCUT2D eigenvalue weighted by Gasteiger charge is 2.22. The lowest BCUT2D eigenvalue weighted by Crippen LogP contribution is -2.05. The third kappa shape index (κ3) is 3.33. The number of halogens is 1. The number of nitrogens with zero attached hydrogens (tertiary/aromatic N) is 1. The van der Waals surface area contributed by atoms with Crippen LogP contribution in [0.4, 0.5) is 17.2 Å². The number of aromatic nitrogens is 1. The van der Waals surface area contributed by atoms with Crippen LogP contribution in [0.25, 0.3) is 0 Å². The zero-order valence-corrected chi connectivity index (χ0v) is 11.7. The van der Waals surface area contributed by atoms with Crippen LogP contribution in [0.2, 0.25) is 5.02 Å². The Balaban J connectivity index is 1.71. The van der Waals surface area contributed by atoms with Crippen molar-refractivity contribution < 1.29 is 4.74 Å². The molecule has 0 bridgehead atoms. The molecule has 0 spiro atoms. The molecular weight excluding hydrogens is 274 g/mol. The van der Waals surface area contributed by atoms with Gasteiger partial charge in [0.2, 0.25) is 5.88 Å². The monoisotopic (exact) mass is 289 g/mol. The van der Waals surface area contributed by atoms with Gasteiger partial charge in [0.15, 0.2) is 0 Å². The second-order valence-electron chi connectivity index (χ2n) is 4.98. The van der Waals surface area contributed by atoms with E-state index >= 15 is 0 Å². The molecule has 0 radical (unpaired) electrons. The lowest BCUT2D eigenvalue weighted by molar-refractivity contribution is 0.290. The minimum atomic E-state index is 0.496. The van der Waals surface area contributed by atoms with Crippen LogP contribution in [-0.2, 0) is 0 Å². The third-order valence-electron chi connectivity index (χ3n) is 3.16. The second kappa shape index (κ2) is 5.59. The van der Waals surface area contributed by atoms with Crippen LogP contribution in [-0.4, -0.2) is 11.6 Å². The van der Waals surface area contributed by atoms with E-state index in [0.29, 0.717) is 34.9 Å². The van der Waals surface area contributed by atoms with Crippen molar-refractivity contribution in [3.8, 4) is 5.88 Å². The smallest absolute Gasteiger partial charge is 0.239 e. The first-order valence-corrected chi connectivity index (χ1v) is 7.00. The van der Waals surface area contributed by atoms with Crippen LogP contribution >= 0.6 is 11.6 Å². The molecule has 5 heteroatoms. The summed E-state index contributed by atoms with van der Waals surface area (Å²) in [6.07, 6.45) is 2.48. The van der Waals surface area contributed by atoms with E-state index in [-0.39, 0.29) is 0 Å². The quantitative estimate of drug-likeness (QED) is 0.878. The lowest BCUT2D eigenvalue weighted by Gasteiger charge is -2.10. The largest absolute Gasteiger partial charge is 0.476 e. The number of anilines is 3. The van der Waals surface area contributed by atoms with Gasteiger partial charge in [-0.2, -0.15) is 4.98 Å². The second-order valence-corrected chi connectivity index (χ2v) is 5.41. The summed E-state index contributed by atoms with van der Waals surface area (Å²) in [6, 6.07) is 11.1. The number of nitrogens with one attached hydrogen (secondary N) is 1. The summed E-state index contributed by atoms with van der Waals surface area (Å²) < 4.78 is 5.66. The first-order chi connectivity index (χ1) is 9.70. The van der Waals surface area contributed by atoms with Crippen molar-refractivity contribution in [3.63, 3.8) is 0 Å². The van der Waals surface area contributed by atoms with Crippen molar-refractivity contribution >= 4 is 28.8 Å². The summed E-state index contributed by atoms with van der Waals surface area (Å²) in [4.78, 5) is 4.40. The molecule has 0 amide bonds. The molecule has 1 aliphatic carbocycles. The third-order valence-corrected chi connectivity index (χ3v) is 3.41. The maximum atomic E-state index is 5.88. The van der Waals surface area contributed by atoms with Crippen molar-refractivity contribution in [3.05, 3.63) is 41.4 Å². The van der Waals surface area contributed by atoms with Crippen LogP contribution in [0, 0.1) is 5.92 Å². The van der Waals surface area contributed by atoms with Gasteiger partial charge in [-0.15, -0.1) is 0 Å². The van der Waals surface area contributed by atoms with Gasteiger partial charge in [-0.25, -0.2) is 0 Å². The Hall–Kier alpha value is -1.94. The highest BCUT2D eigenvalue weighted by Crippen LogP contribution is 2.31. The van der Waals surface area contributed by atoms with Gasteiger partial charge < -0.3 is 15.8 Å². The molecule has 4 nitrogen and oxygen atoms in total. The molecular formula is C15H16ClN3O. The van der Waals surface area contributed by atoms with Crippen LogP contribution in [0.3, 0.4) is 0 Å². The molecule has 0 saturated heterocycles. The molecule has 3 rings (SSSR count). The minimum Gasteiger partial charge on any atom is -0.476 e. The zero-order valence-electron chi connectivity index (χ0n) is 11.0. The van der Waals surface area contributed by atoms with Crippen LogP contribution in [0.5, 0.6) is 5.88 Å². The number of hydrogen-bond donors (Lipinski definition) is 2. The molecule has 20 heavy (non-hydrogen) atoms. The standard InChI is InChI=1S/C15H16ClN3O/c16-11-3-5-12(6-4-11)18-14-8-7-13(17)15(19-14)20-9-10-1-2-10/h3-8,10H,1-2,9,17H2,(H,18,19). The van der Waals surface area contributed by atoms with Gasteiger partial charge in [0.05, 0.1) is 12.3 Å². The molecule has 104 valence electrons. The minimum absolute atomic E-state index is 0.496. The molecule has 1 aromatic heterocycles. The van der Waals surface area contributed by atoms with Gasteiger partial charge in [-0.3, -0.25) is 0 Å². The number of nitrogen functional groups attached to an aromatic ring is 1. The molecule has 1 aromatic carbocycles. The fraction of sp³-hybridized carbons (Fsp3) is 0.267. The number of benzene rings is 1. The van der Waals surface area contributed by atoms with Crippen molar-refractivity contribution in [1.82, 2.24) is 4.98 Å². The highest BCUT2D eigenvalue weighted by atomic mass is 35.5. The van der Waals surface area contributed by atoms with E-state index in [1.807, 2.05) is 30.3 Å². The Morgan fingerprint density at radius 2 is 1.95 bits per heavy atom. The van der Waals surface area contributed by atoms with Crippen molar-refractivity contribution in [2.75, 3.05) is 17.7 Å². The highest BCUT2D eigenvalue weighted by molar-refractivity contribution is 6.30. The number of nitrogens with two attached hydrogens (primary N) is 1. The van der Waals surface area contributed by atoms with Gasteiger partial charge >= 0.3 is 0 Å². The normalized spacial score (nSPS) is 14.1. The number of pyridine rings is 1. The van der Waals surface area contributed by atoms with Crippen LogP contribution in [0.1, 0.15) is 12.8 Å². The average molecular weight is 290 g/mol. The fourth-order valence-corrected chi connectivity index (χ4v) is 1.92. The van der Waals surface area contributed by atoms with Crippen molar-refractivity contribution in [1.29, 1.82) is 0 Å². The van der Waals surface area contributed by atoms with E-state index in [9.17, 15) is 0 Å². The summed E-state index contributed by atoms with van der Waals surface area (Å²) in [5.41, 5.74) is 7.36. The lowest BCUT2D eigenvalue weighted by atomic mass is 10.3. The van der Waals surface area contributed by atoms with Crippen LogP contribution < -0.4 is 15.8 Å². The first kappa shape index (κ1) is 13.1. The van der Waals surface area contributed by atoms with E-state index < -0.39 is 0 Å². The Kier molecular flexibility index (Phi) is 3.65. The number of rotatable bonds is 5. The van der Waals surface area contributed by atoms with Gasteiger partial charge in [-0.1, -0.05) is 11.6 Å². The summed E-state index contributed by atoms with van der Waals surface area (Å²) in [6.45, 7) is 0.696. The molecule has 0 atom stereocenters. The molecule has 2 aromatic rings. The summed E-state index contributed by atoms with van der Waals surface area (Å²) in [5.74, 6) is 1.87.